The van der Waals surface area contributed by atoms with Gasteiger partial charge < -0.3 is 15.2 Å². The van der Waals surface area contributed by atoms with Crippen LogP contribution in [0.5, 0.6) is 0 Å². The Morgan fingerprint density at radius 3 is 2.90 bits per heavy atom. The average Bonchev–Trinajstić information content (AvgIpc) is 2.72. The number of hydrogen-bond donors (Lipinski definition) is 2. The first kappa shape index (κ1) is 15.0. The van der Waals surface area contributed by atoms with Crippen LogP contribution in [0.15, 0.2) is 18.2 Å². The van der Waals surface area contributed by atoms with Gasteiger partial charge in [-0.05, 0) is 31.9 Å². The van der Waals surface area contributed by atoms with Crippen LogP contribution in [0, 0.1) is 13.8 Å². The van der Waals surface area contributed by atoms with Gasteiger partial charge in [-0.3, -0.25) is 4.79 Å². The smallest absolute Gasteiger partial charge is 0.224 e. The van der Waals surface area contributed by atoms with Crippen LogP contribution in [0.4, 0.5) is 0 Å². The predicted molar refractivity (Wildman–Crippen MR) is 77.6 cm³/mol. The quantitative estimate of drug-likeness (QED) is 0.877. The molecular formula is C16H23NO3. The Hall–Kier alpha value is -1.39. The van der Waals surface area contributed by atoms with E-state index < -0.39 is 5.60 Å². The minimum absolute atomic E-state index is 0.0637. The highest BCUT2D eigenvalue weighted by atomic mass is 16.5. The molecule has 1 saturated heterocycles. The Bertz CT molecular complexity index is 500. The summed E-state index contributed by atoms with van der Waals surface area (Å²) in [7, 11) is 0. The van der Waals surface area contributed by atoms with Crippen LogP contribution in [0.3, 0.4) is 0 Å². The number of carbonyl (C=O) groups excluding carboxylic acids is 1. The lowest BCUT2D eigenvalue weighted by Gasteiger charge is -2.26. The fraction of sp³-hybridized carbons (Fsp3) is 0.562. The molecule has 4 heteroatoms. The number of rotatable bonds is 4. The number of nitrogens with one attached hydrogen (secondary N) is 1. The molecule has 1 aliphatic heterocycles. The monoisotopic (exact) mass is 277 g/mol. The van der Waals surface area contributed by atoms with Crippen LogP contribution >= 0.6 is 0 Å². The van der Waals surface area contributed by atoms with Gasteiger partial charge in [-0.1, -0.05) is 23.8 Å². The summed E-state index contributed by atoms with van der Waals surface area (Å²) in [6.45, 7) is 6.65. The summed E-state index contributed by atoms with van der Waals surface area (Å²) in [6, 6.07) is 6.10. The third-order valence-electron chi connectivity index (χ3n) is 4.11. The molecule has 0 aliphatic carbocycles. The molecule has 2 N–H and O–H groups in total. The van der Waals surface area contributed by atoms with Gasteiger partial charge in [0.15, 0.2) is 0 Å². The summed E-state index contributed by atoms with van der Waals surface area (Å²) in [5.41, 5.74) is 2.36. The first-order valence-electron chi connectivity index (χ1n) is 7.07. The van der Waals surface area contributed by atoms with E-state index in [4.69, 9.17) is 4.74 Å². The molecule has 1 aromatic carbocycles. The Labute approximate surface area is 120 Å². The van der Waals surface area contributed by atoms with Gasteiger partial charge in [0.2, 0.25) is 5.91 Å². The molecule has 0 aromatic heterocycles. The molecule has 0 radical (unpaired) electrons. The van der Waals surface area contributed by atoms with Crippen molar-refractivity contribution in [2.45, 2.75) is 45.3 Å². The molecule has 0 bridgehead atoms. The van der Waals surface area contributed by atoms with Crippen molar-refractivity contribution in [2.24, 2.45) is 0 Å². The average molecular weight is 277 g/mol. The molecule has 1 aromatic rings. The lowest BCUT2D eigenvalue weighted by Crippen LogP contribution is -2.47. The van der Waals surface area contributed by atoms with Crippen molar-refractivity contribution in [3.8, 4) is 0 Å². The van der Waals surface area contributed by atoms with Gasteiger partial charge >= 0.3 is 0 Å². The van der Waals surface area contributed by atoms with E-state index in [0.29, 0.717) is 19.4 Å². The molecule has 2 atom stereocenters. The van der Waals surface area contributed by atoms with Crippen molar-refractivity contribution in [3.63, 3.8) is 0 Å². The van der Waals surface area contributed by atoms with E-state index >= 15 is 0 Å². The molecule has 2 rings (SSSR count). The van der Waals surface area contributed by atoms with E-state index in [9.17, 15) is 9.90 Å². The van der Waals surface area contributed by atoms with Gasteiger partial charge in [0.05, 0.1) is 12.5 Å². The summed E-state index contributed by atoms with van der Waals surface area (Å²) in [4.78, 5) is 12.0. The molecule has 2 unspecified atom stereocenters. The molecule has 1 fully saturated rings. The van der Waals surface area contributed by atoms with Crippen LogP contribution in [-0.4, -0.2) is 35.9 Å². The minimum atomic E-state index is -0.933. The van der Waals surface area contributed by atoms with Crippen LogP contribution in [0.25, 0.3) is 0 Å². The predicted octanol–water partition coefficient (Wildman–Crippen LogP) is 1.50. The minimum Gasteiger partial charge on any atom is -0.385 e. The van der Waals surface area contributed by atoms with E-state index in [-0.39, 0.29) is 18.6 Å². The summed E-state index contributed by atoms with van der Waals surface area (Å²) in [5.74, 6) is -0.0637. The third kappa shape index (κ3) is 3.38. The van der Waals surface area contributed by atoms with Crippen LogP contribution in [-0.2, 0) is 16.0 Å². The van der Waals surface area contributed by atoms with Crippen molar-refractivity contribution in [3.05, 3.63) is 34.9 Å². The number of ether oxygens (including phenoxy) is 1. The maximum Gasteiger partial charge on any atom is 0.224 e. The van der Waals surface area contributed by atoms with Crippen LogP contribution in [0.2, 0.25) is 0 Å². The maximum atomic E-state index is 12.0. The molecule has 110 valence electrons. The molecule has 1 aliphatic rings. The van der Waals surface area contributed by atoms with Gasteiger partial charge in [0.1, 0.15) is 5.60 Å². The van der Waals surface area contributed by atoms with Crippen molar-refractivity contribution in [2.75, 3.05) is 13.2 Å². The second kappa shape index (κ2) is 5.94. The summed E-state index contributed by atoms with van der Waals surface area (Å²) in [5, 5.41) is 13.2. The molecule has 20 heavy (non-hydrogen) atoms. The first-order chi connectivity index (χ1) is 9.40. The highest BCUT2D eigenvalue weighted by Crippen LogP contribution is 2.24. The number of hydrogen-bond acceptors (Lipinski definition) is 3. The fourth-order valence-corrected chi connectivity index (χ4v) is 2.48. The standard InChI is InChI=1S/C16H23NO3/c1-11-4-5-12(2)14(8-11)9-15(18)17-10-16(19)6-7-20-13(16)3/h4-5,8,13,19H,6-7,9-10H2,1-3H3,(H,17,18). The normalized spacial score (nSPS) is 25.7. The van der Waals surface area contributed by atoms with Gasteiger partial charge in [-0.25, -0.2) is 0 Å². The van der Waals surface area contributed by atoms with E-state index in [0.717, 1.165) is 16.7 Å². The molecule has 0 saturated carbocycles. The van der Waals surface area contributed by atoms with Crippen molar-refractivity contribution in [1.29, 1.82) is 0 Å². The van der Waals surface area contributed by atoms with Gasteiger partial charge in [-0.15, -0.1) is 0 Å². The fourth-order valence-electron chi connectivity index (χ4n) is 2.48. The lowest BCUT2D eigenvalue weighted by atomic mass is 9.96. The van der Waals surface area contributed by atoms with Crippen molar-refractivity contribution >= 4 is 5.91 Å². The summed E-state index contributed by atoms with van der Waals surface area (Å²) < 4.78 is 5.35. The van der Waals surface area contributed by atoms with E-state index in [2.05, 4.69) is 5.32 Å². The number of aryl methyl sites for hydroxylation is 2. The molecular weight excluding hydrogens is 254 g/mol. The number of amides is 1. The largest absolute Gasteiger partial charge is 0.385 e. The van der Waals surface area contributed by atoms with Gasteiger partial charge in [0.25, 0.3) is 0 Å². The molecule has 4 nitrogen and oxygen atoms in total. The highest BCUT2D eigenvalue weighted by molar-refractivity contribution is 5.79. The van der Waals surface area contributed by atoms with E-state index in [1.54, 1.807) is 0 Å². The van der Waals surface area contributed by atoms with Gasteiger partial charge in [0, 0.05) is 19.6 Å². The summed E-state index contributed by atoms with van der Waals surface area (Å²) >= 11 is 0. The molecule has 1 heterocycles. The van der Waals surface area contributed by atoms with Gasteiger partial charge in [-0.2, -0.15) is 0 Å². The van der Waals surface area contributed by atoms with Crippen LogP contribution in [0.1, 0.15) is 30.0 Å². The zero-order valence-corrected chi connectivity index (χ0v) is 12.4. The van der Waals surface area contributed by atoms with E-state index in [1.165, 1.54) is 0 Å². The second-order valence-electron chi connectivity index (χ2n) is 5.75. The lowest BCUT2D eigenvalue weighted by molar-refractivity contribution is -0.122. The Morgan fingerprint density at radius 2 is 2.25 bits per heavy atom. The number of aliphatic hydroxyl groups is 1. The third-order valence-corrected chi connectivity index (χ3v) is 4.11. The van der Waals surface area contributed by atoms with Crippen molar-refractivity contribution in [1.82, 2.24) is 5.32 Å². The maximum absolute atomic E-state index is 12.0. The Kier molecular flexibility index (Phi) is 4.45. The zero-order valence-electron chi connectivity index (χ0n) is 12.4. The number of benzene rings is 1. The Morgan fingerprint density at radius 1 is 1.50 bits per heavy atom. The topological polar surface area (TPSA) is 58.6 Å². The molecule has 0 spiro atoms. The second-order valence-corrected chi connectivity index (χ2v) is 5.75. The van der Waals surface area contributed by atoms with Crippen LogP contribution < -0.4 is 5.32 Å². The SMILES string of the molecule is Cc1ccc(C)c(CC(=O)NCC2(O)CCOC2C)c1. The summed E-state index contributed by atoms with van der Waals surface area (Å²) in [6.07, 6.45) is 0.681. The van der Waals surface area contributed by atoms with E-state index in [1.807, 2.05) is 39.0 Å². The molecule has 1 amide bonds. The zero-order chi connectivity index (χ0) is 14.8. The Balaban J connectivity index is 1.91. The van der Waals surface area contributed by atoms with Crippen molar-refractivity contribution < 1.29 is 14.6 Å². The number of carbonyl (C=O) groups is 1. The first-order valence-corrected chi connectivity index (χ1v) is 7.07. The highest BCUT2D eigenvalue weighted by Gasteiger charge is 2.39.